The van der Waals surface area contributed by atoms with Crippen LogP contribution in [0.1, 0.15) is 39.3 Å². The Morgan fingerprint density at radius 3 is 2.49 bits per heavy atom. The first-order chi connectivity index (χ1) is 18.3. The van der Waals surface area contributed by atoms with Crippen molar-refractivity contribution in [2.75, 3.05) is 30.3 Å². The predicted octanol–water partition coefficient (Wildman–Crippen LogP) is 4.81. The lowest BCUT2D eigenvalue weighted by Gasteiger charge is -2.42. The van der Waals surface area contributed by atoms with Gasteiger partial charge in [0.2, 0.25) is 5.91 Å². The van der Waals surface area contributed by atoms with Gasteiger partial charge < -0.3 is 14.5 Å². The zero-order valence-electron chi connectivity index (χ0n) is 22.7. The Balaban J connectivity index is 1.48. The minimum Gasteiger partial charge on any atom is -0.460 e. The van der Waals surface area contributed by atoms with Gasteiger partial charge in [0, 0.05) is 48.7 Å². The standard InChI is InChI=1S/C29H34ClN3O5S/c1-20-15-24(9-11-31-20)32-12-13-33(25(19-32)18-28(35)38-29(2,3)4)27(34)10-14-39(36,37)26-8-6-21-16-23(30)7-5-22(21)17-26/h5-9,11,15-17,25H,10,12-14,18-19H2,1-4H3. The van der Waals surface area contributed by atoms with Crippen molar-refractivity contribution in [1.29, 1.82) is 0 Å². The molecule has 1 aromatic heterocycles. The fourth-order valence-electron chi connectivity index (χ4n) is 4.77. The molecular weight excluding hydrogens is 538 g/mol. The monoisotopic (exact) mass is 571 g/mol. The summed E-state index contributed by atoms with van der Waals surface area (Å²) < 4.78 is 31.8. The lowest BCUT2D eigenvalue weighted by molar-refractivity contribution is -0.156. The van der Waals surface area contributed by atoms with Crippen LogP contribution in [0.4, 0.5) is 5.69 Å². The summed E-state index contributed by atoms with van der Waals surface area (Å²) >= 11 is 6.04. The van der Waals surface area contributed by atoms with Gasteiger partial charge in [-0.2, -0.15) is 0 Å². The minimum absolute atomic E-state index is 0.0174. The Bertz CT molecular complexity index is 1490. The second-order valence-electron chi connectivity index (χ2n) is 10.9. The van der Waals surface area contributed by atoms with Gasteiger partial charge >= 0.3 is 5.97 Å². The number of carbonyl (C=O) groups excluding carboxylic acids is 2. The first-order valence-electron chi connectivity index (χ1n) is 12.9. The third kappa shape index (κ3) is 7.48. The van der Waals surface area contributed by atoms with Gasteiger partial charge in [-0.05, 0) is 74.9 Å². The fraction of sp³-hybridized carbons (Fsp3) is 0.414. The molecule has 208 valence electrons. The van der Waals surface area contributed by atoms with Gasteiger partial charge in [-0.3, -0.25) is 14.6 Å². The maximum atomic E-state index is 13.4. The number of amides is 1. The number of sulfone groups is 1. The smallest absolute Gasteiger partial charge is 0.308 e. The summed E-state index contributed by atoms with van der Waals surface area (Å²) in [5, 5.41) is 2.17. The lowest BCUT2D eigenvalue weighted by atomic mass is 10.1. The summed E-state index contributed by atoms with van der Waals surface area (Å²) in [6.45, 7) is 8.65. The molecule has 0 saturated carbocycles. The van der Waals surface area contributed by atoms with E-state index in [0.29, 0.717) is 24.7 Å². The average molecular weight is 572 g/mol. The van der Waals surface area contributed by atoms with E-state index in [1.165, 1.54) is 0 Å². The summed E-state index contributed by atoms with van der Waals surface area (Å²) in [5.41, 5.74) is 1.18. The Kier molecular flexibility index (Phi) is 8.51. The van der Waals surface area contributed by atoms with E-state index in [9.17, 15) is 18.0 Å². The molecule has 1 unspecified atom stereocenters. The number of piperazine rings is 1. The number of esters is 1. The van der Waals surface area contributed by atoms with Crippen molar-refractivity contribution in [2.24, 2.45) is 0 Å². The van der Waals surface area contributed by atoms with Gasteiger partial charge in [-0.1, -0.05) is 23.7 Å². The summed E-state index contributed by atoms with van der Waals surface area (Å²) in [4.78, 5) is 34.3. The van der Waals surface area contributed by atoms with Gasteiger partial charge in [0.05, 0.1) is 23.1 Å². The third-order valence-corrected chi connectivity index (χ3v) is 8.54. The number of anilines is 1. The van der Waals surface area contributed by atoms with Crippen LogP contribution in [0.25, 0.3) is 10.8 Å². The van der Waals surface area contributed by atoms with Crippen LogP contribution < -0.4 is 4.90 Å². The number of pyridine rings is 1. The minimum atomic E-state index is -3.71. The normalized spacial score (nSPS) is 16.4. The number of aryl methyl sites for hydroxylation is 1. The molecule has 10 heteroatoms. The molecule has 1 fully saturated rings. The van der Waals surface area contributed by atoms with Gasteiger partial charge in [0.25, 0.3) is 0 Å². The SMILES string of the molecule is Cc1cc(N2CCN(C(=O)CCS(=O)(=O)c3ccc4cc(Cl)ccc4c3)C(CC(=O)OC(C)(C)C)C2)ccn1. The number of ether oxygens (including phenoxy) is 1. The Morgan fingerprint density at radius 2 is 1.77 bits per heavy atom. The molecule has 1 atom stereocenters. The molecule has 4 rings (SSSR count). The molecular formula is C29H34ClN3O5S. The van der Waals surface area contributed by atoms with Gasteiger partial charge in [0.15, 0.2) is 9.84 Å². The number of fused-ring (bicyclic) bond motifs is 1. The van der Waals surface area contributed by atoms with E-state index in [1.807, 2.05) is 19.1 Å². The molecule has 2 aromatic carbocycles. The Hall–Kier alpha value is -3.17. The predicted molar refractivity (Wildman–Crippen MR) is 153 cm³/mol. The van der Waals surface area contributed by atoms with Crippen LogP contribution in [0, 0.1) is 6.92 Å². The maximum absolute atomic E-state index is 13.4. The van der Waals surface area contributed by atoms with E-state index >= 15 is 0 Å². The van der Waals surface area contributed by atoms with Crippen LogP contribution in [0.5, 0.6) is 0 Å². The van der Waals surface area contributed by atoms with Gasteiger partial charge in [-0.15, -0.1) is 0 Å². The number of rotatable bonds is 7. The lowest BCUT2D eigenvalue weighted by Crippen LogP contribution is -2.56. The molecule has 39 heavy (non-hydrogen) atoms. The molecule has 1 amide bonds. The van der Waals surface area contributed by atoms with Crippen molar-refractivity contribution in [3.05, 3.63) is 65.4 Å². The van der Waals surface area contributed by atoms with E-state index < -0.39 is 27.4 Å². The molecule has 2 heterocycles. The largest absolute Gasteiger partial charge is 0.460 e. The van der Waals surface area contributed by atoms with Crippen LogP contribution in [-0.2, 0) is 24.2 Å². The molecule has 8 nitrogen and oxygen atoms in total. The van der Waals surface area contributed by atoms with Crippen LogP contribution >= 0.6 is 11.6 Å². The molecule has 0 radical (unpaired) electrons. The van der Waals surface area contributed by atoms with Crippen molar-refractivity contribution in [3.8, 4) is 0 Å². The van der Waals surface area contributed by atoms with Crippen molar-refractivity contribution < 1.29 is 22.7 Å². The van der Waals surface area contributed by atoms with E-state index in [4.69, 9.17) is 16.3 Å². The fourth-order valence-corrected chi connectivity index (χ4v) is 6.21. The number of nitrogens with zero attached hydrogens (tertiary/aromatic N) is 3. The van der Waals surface area contributed by atoms with E-state index in [0.717, 1.165) is 22.2 Å². The number of halogens is 1. The van der Waals surface area contributed by atoms with Crippen molar-refractivity contribution in [3.63, 3.8) is 0 Å². The Morgan fingerprint density at radius 1 is 1.05 bits per heavy atom. The highest BCUT2D eigenvalue weighted by atomic mass is 35.5. The van der Waals surface area contributed by atoms with Crippen molar-refractivity contribution in [2.45, 2.75) is 57.1 Å². The summed E-state index contributed by atoms with van der Waals surface area (Å²) in [6, 6.07) is 13.5. The highest BCUT2D eigenvalue weighted by Gasteiger charge is 2.34. The summed E-state index contributed by atoms with van der Waals surface area (Å²) in [7, 11) is -3.71. The highest BCUT2D eigenvalue weighted by molar-refractivity contribution is 7.91. The van der Waals surface area contributed by atoms with Crippen LogP contribution in [-0.4, -0.2) is 67.2 Å². The first kappa shape index (κ1) is 28.8. The average Bonchev–Trinajstić information content (AvgIpc) is 2.85. The number of carbonyl (C=O) groups is 2. The molecule has 1 saturated heterocycles. The molecule has 0 bridgehead atoms. The second-order valence-corrected chi connectivity index (χ2v) is 13.4. The zero-order valence-corrected chi connectivity index (χ0v) is 24.3. The second kappa shape index (κ2) is 11.5. The van der Waals surface area contributed by atoms with Crippen LogP contribution in [0.3, 0.4) is 0 Å². The number of benzene rings is 2. The summed E-state index contributed by atoms with van der Waals surface area (Å²) in [5.74, 6) is -1.03. The maximum Gasteiger partial charge on any atom is 0.308 e. The highest BCUT2D eigenvalue weighted by Crippen LogP contribution is 2.25. The van der Waals surface area contributed by atoms with Gasteiger partial charge in [0.1, 0.15) is 5.60 Å². The number of hydrogen-bond acceptors (Lipinski definition) is 7. The molecule has 1 aliphatic heterocycles. The van der Waals surface area contributed by atoms with E-state index in [2.05, 4.69) is 9.88 Å². The van der Waals surface area contributed by atoms with Gasteiger partial charge in [-0.25, -0.2) is 8.42 Å². The topological polar surface area (TPSA) is 96.9 Å². The van der Waals surface area contributed by atoms with Crippen molar-refractivity contribution in [1.82, 2.24) is 9.88 Å². The number of hydrogen-bond donors (Lipinski definition) is 0. The quantitative estimate of drug-likeness (QED) is 0.375. The molecule has 0 aliphatic carbocycles. The third-order valence-electron chi connectivity index (χ3n) is 6.59. The van der Waals surface area contributed by atoms with Crippen LogP contribution in [0.2, 0.25) is 5.02 Å². The first-order valence-corrected chi connectivity index (χ1v) is 14.9. The molecule has 3 aromatic rings. The Labute approximate surface area is 234 Å². The zero-order chi connectivity index (χ0) is 28.4. The van der Waals surface area contributed by atoms with Crippen molar-refractivity contribution >= 4 is 49.8 Å². The van der Waals surface area contributed by atoms with E-state index in [-0.39, 0.29) is 29.4 Å². The van der Waals surface area contributed by atoms with Crippen LogP contribution in [0.15, 0.2) is 59.6 Å². The molecule has 0 N–H and O–H groups in total. The molecule has 0 spiro atoms. The molecule has 1 aliphatic rings. The number of aromatic nitrogens is 1. The summed E-state index contributed by atoms with van der Waals surface area (Å²) in [6.07, 6.45) is 1.57. The van der Waals surface area contributed by atoms with E-state index in [1.54, 1.807) is 68.3 Å².